The van der Waals surface area contributed by atoms with Crippen LogP contribution in [-0.4, -0.2) is 43.4 Å². The molecule has 6 nitrogen and oxygen atoms in total. The zero-order chi connectivity index (χ0) is 12.8. The van der Waals surface area contributed by atoms with Gasteiger partial charge in [-0.1, -0.05) is 13.3 Å². The molecule has 0 bridgehead atoms. The zero-order valence-corrected chi connectivity index (χ0v) is 10.7. The van der Waals surface area contributed by atoms with Crippen molar-refractivity contribution in [1.82, 2.24) is 19.6 Å². The summed E-state index contributed by atoms with van der Waals surface area (Å²) in [5.74, 6) is 1.56. The van der Waals surface area contributed by atoms with E-state index in [1.807, 2.05) is 13.0 Å². The summed E-state index contributed by atoms with van der Waals surface area (Å²) in [6, 6.07) is 1.98. The van der Waals surface area contributed by atoms with Crippen molar-refractivity contribution in [3.05, 3.63) is 18.1 Å². The molecule has 2 aromatic rings. The van der Waals surface area contributed by atoms with Crippen LogP contribution in [0.25, 0.3) is 5.78 Å². The summed E-state index contributed by atoms with van der Waals surface area (Å²) in [7, 11) is 0. The molecule has 1 aliphatic rings. The molecule has 0 aromatic carbocycles. The molecule has 0 atom stereocenters. The molecule has 0 radical (unpaired) electrons. The van der Waals surface area contributed by atoms with Crippen molar-refractivity contribution in [3.63, 3.8) is 0 Å². The Hall–Kier alpha value is -1.69. The highest BCUT2D eigenvalue weighted by Gasteiger charge is 2.41. The van der Waals surface area contributed by atoms with Crippen molar-refractivity contribution in [3.8, 4) is 0 Å². The molecule has 1 aliphatic heterocycles. The minimum atomic E-state index is -0.543. The predicted octanol–water partition coefficient (Wildman–Crippen LogP) is 0.784. The smallest absolute Gasteiger partial charge is 0.254 e. The lowest BCUT2D eigenvalue weighted by molar-refractivity contribution is 0.00271. The van der Waals surface area contributed by atoms with Gasteiger partial charge < -0.3 is 10.0 Å². The van der Waals surface area contributed by atoms with Crippen LogP contribution in [0.4, 0.5) is 5.82 Å². The van der Waals surface area contributed by atoms with E-state index in [2.05, 4.69) is 26.9 Å². The Bertz CT molecular complexity index is 573. The summed E-state index contributed by atoms with van der Waals surface area (Å²) >= 11 is 0. The van der Waals surface area contributed by atoms with Crippen molar-refractivity contribution >= 4 is 11.6 Å². The maximum atomic E-state index is 10.2. The second-order valence-corrected chi connectivity index (χ2v) is 5.06. The average Bonchev–Trinajstić information content (AvgIpc) is 2.72. The molecule has 0 aliphatic carbocycles. The van der Waals surface area contributed by atoms with E-state index in [4.69, 9.17) is 0 Å². The molecule has 0 spiro atoms. The van der Waals surface area contributed by atoms with Crippen molar-refractivity contribution in [2.75, 3.05) is 18.0 Å². The third-order valence-corrected chi connectivity index (χ3v) is 3.37. The molecular formula is C12H17N5O. The molecule has 96 valence electrons. The zero-order valence-electron chi connectivity index (χ0n) is 10.7. The van der Waals surface area contributed by atoms with Crippen LogP contribution >= 0.6 is 0 Å². The number of fused-ring (bicyclic) bond motifs is 1. The van der Waals surface area contributed by atoms with Gasteiger partial charge in [0, 0.05) is 24.8 Å². The minimum absolute atomic E-state index is 0.543. The monoisotopic (exact) mass is 247 g/mol. The van der Waals surface area contributed by atoms with Crippen LogP contribution in [0, 0.1) is 6.92 Å². The molecule has 1 saturated heterocycles. The average molecular weight is 247 g/mol. The van der Waals surface area contributed by atoms with Crippen LogP contribution in [0.1, 0.15) is 25.5 Å². The first-order chi connectivity index (χ1) is 8.61. The molecule has 0 amide bonds. The largest absolute Gasteiger partial charge is 0.386 e. The summed E-state index contributed by atoms with van der Waals surface area (Å²) in [6.07, 6.45) is 3.34. The molecule has 0 unspecified atom stereocenters. The van der Waals surface area contributed by atoms with Crippen molar-refractivity contribution < 1.29 is 5.11 Å². The quantitative estimate of drug-likeness (QED) is 0.868. The Balaban J connectivity index is 1.90. The fourth-order valence-corrected chi connectivity index (χ4v) is 2.59. The van der Waals surface area contributed by atoms with Gasteiger partial charge in [0.05, 0.1) is 5.60 Å². The second-order valence-electron chi connectivity index (χ2n) is 5.06. The van der Waals surface area contributed by atoms with Gasteiger partial charge in [0.1, 0.15) is 12.1 Å². The van der Waals surface area contributed by atoms with Crippen LogP contribution in [0.3, 0.4) is 0 Å². The molecule has 0 saturated carbocycles. The van der Waals surface area contributed by atoms with E-state index in [9.17, 15) is 5.11 Å². The highest BCUT2D eigenvalue weighted by molar-refractivity contribution is 5.50. The van der Waals surface area contributed by atoms with E-state index in [-0.39, 0.29) is 0 Å². The molecule has 2 aromatic heterocycles. The van der Waals surface area contributed by atoms with Crippen LogP contribution in [0.2, 0.25) is 0 Å². The minimum Gasteiger partial charge on any atom is -0.386 e. The standard InChI is InChI=1S/C12H17N5O/c1-3-4-12(18)6-16(7-12)10-5-9(2)15-11-13-8-14-17(10)11/h5,8,18H,3-4,6-7H2,1-2H3. The molecule has 18 heavy (non-hydrogen) atoms. The van der Waals surface area contributed by atoms with Gasteiger partial charge in [-0.3, -0.25) is 0 Å². The summed E-state index contributed by atoms with van der Waals surface area (Å²) in [5.41, 5.74) is 0.371. The number of nitrogens with zero attached hydrogens (tertiary/aromatic N) is 5. The first kappa shape index (κ1) is 11.4. The van der Waals surface area contributed by atoms with Gasteiger partial charge in [0.25, 0.3) is 5.78 Å². The van der Waals surface area contributed by atoms with Gasteiger partial charge in [-0.15, -0.1) is 0 Å². The first-order valence-corrected chi connectivity index (χ1v) is 6.26. The molecule has 6 heteroatoms. The van der Waals surface area contributed by atoms with E-state index in [0.29, 0.717) is 18.9 Å². The Labute approximate surface area is 105 Å². The number of aromatic nitrogens is 4. The fourth-order valence-electron chi connectivity index (χ4n) is 2.59. The Morgan fingerprint density at radius 1 is 1.44 bits per heavy atom. The number of aryl methyl sites for hydroxylation is 1. The third-order valence-electron chi connectivity index (χ3n) is 3.37. The summed E-state index contributed by atoms with van der Waals surface area (Å²) in [5, 5.41) is 14.4. The lowest BCUT2D eigenvalue weighted by atomic mass is 9.89. The van der Waals surface area contributed by atoms with E-state index >= 15 is 0 Å². The topological polar surface area (TPSA) is 66.5 Å². The van der Waals surface area contributed by atoms with Gasteiger partial charge in [-0.25, -0.2) is 4.98 Å². The van der Waals surface area contributed by atoms with Crippen LogP contribution < -0.4 is 4.90 Å². The van der Waals surface area contributed by atoms with E-state index in [1.54, 1.807) is 4.52 Å². The van der Waals surface area contributed by atoms with Gasteiger partial charge in [0.2, 0.25) is 0 Å². The SMILES string of the molecule is CCCC1(O)CN(c2cc(C)nc3ncnn23)C1. The number of hydrogen-bond donors (Lipinski definition) is 1. The van der Waals surface area contributed by atoms with E-state index in [0.717, 1.165) is 24.4 Å². The van der Waals surface area contributed by atoms with Crippen molar-refractivity contribution in [1.29, 1.82) is 0 Å². The van der Waals surface area contributed by atoms with Gasteiger partial charge in [0.15, 0.2) is 0 Å². The molecule has 1 N–H and O–H groups in total. The summed E-state index contributed by atoms with van der Waals surface area (Å²) < 4.78 is 1.72. The number of aliphatic hydroxyl groups is 1. The molecule has 1 fully saturated rings. The Morgan fingerprint density at radius 3 is 2.94 bits per heavy atom. The lowest BCUT2D eigenvalue weighted by Gasteiger charge is -2.47. The fraction of sp³-hybridized carbons (Fsp3) is 0.583. The summed E-state index contributed by atoms with van der Waals surface area (Å²) in [6.45, 7) is 5.33. The van der Waals surface area contributed by atoms with E-state index < -0.39 is 5.60 Å². The van der Waals surface area contributed by atoms with Gasteiger partial charge in [-0.2, -0.15) is 14.6 Å². The van der Waals surface area contributed by atoms with Crippen LogP contribution in [-0.2, 0) is 0 Å². The number of anilines is 1. The molecule has 3 rings (SSSR count). The highest BCUT2D eigenvalue weighted by Crippen LogP contribution is 2.30. The van der Waals surface area contributed by atoms with Crippen molar-refractivity contribution in [2.24, 2.45) is 0 Å². The summed E-state index contributed by atoms with van der Waals surface area (Å²) in [4.78, 5) is 10.5. The second kappa shape index (κ2) is 3.91. The number of β-amino-alcohol motifs (C(OH)–C–C–N with tert-alkyl or cyclic N) is 1. The predicted molar refractivity (Wildman–Crippen MR) is 67.6 cm³/mol. The number of hydrogen-bond acceptors (Lipinski definition) is 5. The van der Waals surface area contributed by atoms with Crippen molar-refractivity contribution in [2.45, 2.75) is 32.3 Å². The molecular weight excluding hydrogens is 230 g/mol. The first-order valence-electron chi connectivity index (χ1n) is 6.26. The lowest BCUT2D eigenvalue weighted by Crippen LogP contribution is -2.62. The highest BCUT2D eigenvalue weighted by atomic mass is 16.3. The van der Waals surface area contributed by atoms with E-state index in [1.165, 1.54) is 6.33 Å². The normalized spacial score (nSPS) is 18.1. The third kappa shape index (κ3) is 1.73. The van der Waals surface area contributed by atoms with Gasteiger partial charge >= 0.3 is 0 Å². The number of rotatable bonds is 3. The maximum Gasteiger partial charge on any atom is 0.254 e. The van der Waals surface area contributed by atoms with Gasteiger partial charge in [-0.05, 0) is 13.3 Å². The Morgan fingerprint density at radius 2 is 2.22 bits per heavy atom. The Kier molecular flexibility index (Phi) is 2.48. The van der Waals surface area contributed by atoms with Crippen LogP contribution in [0.5, 0.6) is 0 Å². The maximum absolute atomic E-state index is 10.2. The molecule has 3 heterocycles. The van der Waals surface area contributed by atoms with Crippen LogP contribution in [0.15, 0.2) is 12.4 Å².